The first kappa shape index (κ1) is 15.1. The molecule has 0 aromatic carbocycles. The first-order valence-electron chi connectivity index (χ1n) is 7.47. The number of aliphatic carboxylic acids is 1. The van der Waals surface area contributed by atoms with Crippen LogP contribution in [0.5, 0.6) is 0 Å². The van der Waals surface area contributed by atoms with Gasteiger partial charge in [0.2, 0.25) is 0 Å². The topological polar surface area (TPSA) is 70.1 Å². The van der Waals surface area contributed by atoms with E-state index in [4.69, 9.17) is 9.84 Å². The highest BCUT2D eigenvalue weighted by Gasteiger charge is 2.30. The van der Waals surface area contributed by atoms with Gasteiger partial charge in [-0.1, -0.05) is 6.42 Å². The van der Waals surface area contributed by atoms with Crippen molar-refractivity contribution in [3.05, 3.63) is 0 Å². The van der Waals surface area contributed by atoms with Crippen molar-refractivity contribution in [3.8, 4) is 0 Å². The molecule has 2 rings (SSSR count). The summed E-state index contributed by atoms with van der Waals surface area (Å²) in [4.78, 5) is 26.8. The number of rotatable bonds is 5. The fraction of sp³-hybridized carbons (Fsp3) is 0.857. The van der Waals surface area contributed by atoms with Crippen LogP contribution in [-0.4, -0.2) is 65.8 Å². The van der Waals surface area contributed by atoms with Crippen molar-refractivity contribution in [2.45, 2.75) is 38.7 Å². The first-order chi connectivity index (χ1) is 9.60. The maximum atomic E-state index is 12.5. The fourth-order valence-corrected chi connectivity index (χ4v) is 2.74. The van der Waals surface area contributed by atoms with Gasteiger partial charge in [0.15, 0.2) is 0 Å². The third-order valence-electron chi connectivity index (χ3n) is 4.17. The second kappa shape index (κ2) is 6.92. The SMILES string of the molecule is CCN(CC1CCC1)C(=O)N1CCOC(CC(=O)O)C1. The number of nitrogens with zero attached hydrogens (tertiary/aromatic N) is 2. The lowest BCUT2D eigenvalue weighted by Gasteiger charge is -2.38. The largest absolute Gasteiger partial charge is 0.481 e. The second-order valence-corrected chi connectivity index (χ2v) is 5.65. The molecule has 1 N–H and O–H groups in total. The van der Waals surface area contributed by atoms with Gasteiger partial charge >= 0.3 is 12.0 Å². The van der Waals surface area contributed by atoms with Gasteiger partial charge in [-0.05, 0) is 25.7 Å². The Morgan fingerprint density at radius 3 is 2.70 bits per heavy atom. The molecule has 20 heavy (non-hydrogen) atoms. The summed E-state index contributed by atoms with van der Waals surface area (Å²) in [5.41, 5.74) is 0. The van der Waals surface area contributed by atoms with E-state index in [-0.39, 0.29) is 18.6 Å². The Morgan fingerprint density at radius 2 is 2.15 bits per heavy atom. The molecule has 1 aliphatic heterocycles. The van der Waals surface area contributed by atoms with E-state index in [9.17, 15) is 9.59 Å². The molecule has 2 amide bonds. The molecule has 1 atom stereocenters. The van der Waals surface area contributed by atoms with Crippen LogP contribution in [0.15, 0.2) is 0 Å². The van der Waals surface area contributed by atoms with Crippen molar-refractivity contribution in [2.75, 3.05) is 32.8 Å². The van der Waals surface area contributed by atoms with Crippen LogP contribution in [0.25, 0.3) is 0 Å². The van der Waals surface area contributed by atoms with Crippen LogP contribution in [0.3, 0.4) is 0 Å². The third-order valence-corrected chi connectivity index (χ3v) is 4.17. The summed E-state index contributed by atoms with van der Waals surface area (Å²) < 4.78 is 5.40. The number of hydrogen-bond acceptors (Lipinski definition) is 3. The van der Waals surface area contributed by atoms with Crippen molar-refractivity contribution < 1.29 is 19.4 Å². The quantitative estimate of drug-likeness (QED) is 0.828. The molecule has 114 valence electrons. The molecule has 0 aromatic rings. The Bertz CT molecular complexity index is 357. The summed E-state index contributed by atoms with van der Waals surface area (Å²) in [6.45, 7) is 4.88. The van der Waals surface area contributed by atoms with Crippen LogP contribution >= 0.6 is 0 Å². The van der Waals surface area contributed by atoms with Gasteiger partial charge in [-0.15, -0.1) is 0 Å². The minimum Gasteiger partial charge on any atom is -0.481 e. The van der Waals surface area contributed by atoms with Crippen LogP contribution in [0, 0.1) is 5.92 Å². The molecule has 1 unspecified atom stereocenters. The zero-order chi connectivity index (χ0) is 14.5. The molecule has 0 radical (unpaired) electrons. The van der Waals surface area contributed by atoms with Crippen LogP contribution in [0.4, 0.5) is 4.79 Å². The number of ether oxygens (including phenoxy) is 1. The number of urea groups is 1. The van der Waals surface area contributed by atoms with Crippen molar-refractivity contribution in [1.29, 1.82) is 0 Å². The Hall–Kier alpha value is -1.30. The van der Waals surface area contributed by atoms with Crippen molar-refractivity contribution in [2.24, 2.45) is 5.92 Å². The molecule has 1 aliphatic carbocycles. The van der Waals surface area contributed by atoms with Gasteiger partial charge in [-0.25, -0.2) is 4.79 Å². The summed E-state index contributed by atoms with van der Waals surface area (Å²) in [5, 5.41) is 8.81. The van der Waals surface area contributed by atoms with Gasteiger partial charge in [0.05, 0.1) is 19.1 Å². The molecule has 2 aliphatic rings. The van der Waals surface area contributed by atoms with Crippen LogP contribution in [-0.2, 0) is 9.53 Å². The highest BCUT2D eigenvalue weighted by atomic mass is 16.5. The predicted octanol–water partition coefficient (Wildman–Crippen LogP) is 1.40. The number of morpholine rings is 1. The molecule has 6 heteroatoms. The molecule has 1 saturated heterocycles. The molecule has 0 aromatic heterocycles. The summed E-state index contributed by atoms with van der Waals surface area (Å²) in [7, 11) is 0. The van der Waals surface area contributed by atoms with E-state index in [0.29, 0.717) is 32.2 Å². The van der Waals surface area contributed by atoms with E-state index >= 15 is 0 Å². The maximum Gasteiger partial charge on any atom is 0.320 e. The fourth-order valence-electron chi connectivity index (χ4n) is 2.74. The Morgan fingerprint density at radius 1 is 1.40 bits per heavy atom. The maximum absolute atomic E-state index is 12.5. The normalized spacial score (nSPS) is 23.2. The predicted molar refractivity (Wildman–Crippen MR) is 73.5 cm³/mol. The average Bonchev–Trinajstić information content (AvgIpc) is 2.36. The molecule has 0 spiro atoms. The van der Waals surface area contributed by atoms with Gasteiger partial charge in [0.25, 0.3) is 0 Å². The smallest absolute Gasteiger partial charge is 0.320 e. The van der Waals surface area contributed by atoms with Gasteiger partial charge in [0.1, 0.15) is 0 Å². The first-order valence-corrected chi connectivity index (χ1v) is 7.47. The minimum atomic E-state index is -0.883. The van der Waals surface area contributed by atoms with E-state index in [2.05, 4.69) is 0 Å². The zero-order valence-corrected chi connectivity index (χ0v) is 12.1. The lowest BCUT2D eigenvalue weighted by Crippen LogP contribution is -2.52. The molecule has 2 fully saturated rings. The summed E-state index contributed by atoms with van der Waals surface area (Å²) in [6.07, 6.45) is 3.28. The lowest BCUT2D eigenvalue weighted by molar-refractivity contribution is -0.141. The zero-order valence-electron chi connectivity index (χ0n) is 12.1. The highest BCUT2D eigenvalue weighted by Crippen LogP contribution is 2.27. The third kappa shape index (κ3) is 3.85. The van der Waals surface area contributed by atoms with E-state index < -0.39 is 5.97 Å². The molecule has 1 saturated carbocycles. The number of carbonyl (C=O) groups excluding carboxylic acids is 1. The van der Waals surface area contributed by atoms with E-state index in [0.717, 1.165) is 6.54 Å². The average molecular weight is 284 g/mol. The van der Waals surface area contributed by atoms with Gasteiger partial charge in [-0.2, -0.15) is 0 Å². The molecule has 1 heterocycles. The molecule has 0 bridgehead atoms. The highest BCUT2D eigenvalue weighted by molar-refractivity contribution is 5.75. The van der Waals surface area contributed by atoms with E-state index in [1.165, 1.54) is 19.3 Å². The minimum absolute atomic E-state index is 0.0260. The van der Waals surface area contributed by atoms with Crippen molar-refractivity contribution in [3.63, 3.8) is 0 Å². The number of amides is 2. The van der Waals surface area contributed by atoms with Crippen molar-refractivity contribution in [1.82, 2.24) is 9.80 Å². The molecular formula is C14H24N2O4. The number of carboxylic acids is 1. The second-order valence-electron chi connectivity index (χ2n) is 5.65. The summed E-state index contributed by atoms with van der Waals surface area (Å²) in [6, 6.07) is 0.0260. The van der Waals surface area contributed by atoms with Gasteiger partial charge in [0, 0.05) is 26.2 Å². The Kier molecular flexibility index (Phi) is 5.23. The monoisotopic (exact) mass is 284 g/mol. The van der Waals surface area contributed by atoms with Crippen LogP contribution in [0.1, 0.15) is 32.6 Å². The van der Waals surface area contributed by atoms with Crippen LogP contribution in [0.2, 0.25) is 0 Å². The standard InChI is InChI=1S/C14H24N2O4/c1-2-15(9-11-4-3-5-11)14(19)16-6-7-20-12(10-16)8-13(17)18/h11-12H,2-10H2,1H3,(H,17,18). The lowest BCUT2D eigenvalue weighted by atomic mass is 9.85. The number of hydrogen-bond donors (Lipinski definition) is 1. The van der Waals surface area contributed by atoms with E-state index in [1.54, 1.807) is 4.90 Å². The van der Waals surface area contributed by atoms with Gasteiger partial charge in [-0.3, -0.25) is 4.79 Å². The van der Waals surface area contributed by atoms with Crippen LogP contribution < -0.4 is 0 Å². The summed E-state index contributed by atoms with van der Waals surface area (Å²) >= 11 is 0. The molecular weight excluding hydrogens is 260 g/mol. The van der Waals surface area contributed by atoms with E-state index in [1.807, 2.05) is 11.8 Å². The Balaban J connectivity index is 1.87. The van der Waals surface area contributed by atoms with Gasteiger partial charge < -0.3 is 19.6 Å². The Labute approximate surface area is 119 Å². The molecule has 6 nitrogen and oxygen atoms in total. The van der Waals surface area contributed by atoms with Crippen molar-refractivity contribution >= 4 is 12.0 Å². The summed E-state index contributed by atoms with van der Waals surface area (Å²) in [5.74, 6) is -0.235. The number of carboxylic acid groups (broad SMARTS) is 1. The number of carbonyl (C=O) groups is 2.